The lowest BCUT2D eigenvalue weighted by molar-refractivity contribution is -0.138. The topological polar surface area (TPSA) is 55.8 Å². The molecule has 0 aromatic heterocycles. The number of hydrogen-bond acceptors (Lipinski definition) is 4. The van der Waals surface area contributed by atoms with Crippen LogP contribution in [0, 0.1) is 12.8 Å². The molecule has 0 spiro atoms. The first kappa shape index (κ1) is 24.1. The molecule has 0 saturated heterocycles. The Labute approximate surface area is 192 Å². The van der Waals surface area contributed by atoms with E-state index in [-0.39, 0.29) is 25.8 Å². The minimum Gasteiger partial charge on any atom is -0.491 e. The molecule has 172 valence electrons. The number of aryl methyl sites for hydroxylation is 1. The van der Waals surface area contributed by atoms with Crippen molar-refractivity contribution < 1.29 is 19.4 Å². The molecule has 0 aliphatic heterocycles. The van der Waals surface area contributed by atoms with Crippen molar-refractivity contribution in [2.24, 2.45) is 5.92 Å². The van der Waals surface area contributed by atoms with Gasteiger partial charge in [0, 0.05) is 12.0 Å². The van der Waals surface area contributed by atoms with E-state index in [1.165, 1.54) is 42.4 Å². The first-order valence-electron chi connectivity index (χ1n) is 11.7. The number of esters is 1. The minimum atomic E-state index is -0.387. The molecule has 0 unspecified atom stereocenters. The van der Waals surface area contributed by atoms with E-state index in [9.17, 15) is 4.79 Å². The lowest BCUT2D eigenvalue weighted by atomic mass is 9.79. The maximum Gasteiger partial charge on any atom is 0.333 e. The Morgan fingerprint density at radius 3 is 2.50 bits per heavy atom. The SMILES string of the molecule is C=C(C)C(=O)OCCc1cc(-c2ccc(C3CCC(C)CC3)cc2C)ccc1OCCO. The van der Waals surface area contributed by atoms with Crippen molar-refractivity contribution in [3.05, 3.63) is 65.2 Å². The van der Waals surface area contributed by atoms with Gasteiger partial charge < -0.3 is 14.6 Å². The van der Waals surface area contributed by atoms with Crippen LogP contribution in [0.5, 0.6) is 5.75 Å². The second-order valence-corrected chi connectivity index (χ2v) is 9.09. The highest BCUT2D eigenvalue weighted by Gasteiger charge is 2.20. The Bertz CT molecular complexity index is 938. The highest BCUT2D eigenvalue weighted by atomic mass is 16.5. The van der Waals surface area contributed by atoms with Gasteiger partial charge in [-0.05, 0) is 78.5 Å². The van der Waals surface area contributed by atoms with Crippen LogP contribution in [0.25, 0.3) is 11.1 Å². The summed E-state index contributed by atoms with van der Waals surface area (Å²) in [7, 11) is 0. The van der Waals surface area contributed by atoms with Gasteiger partial charge in [-0.15, -0.1) is 0 Å². The average Bonchev–Trinajstić information content (AvgIpc) is 2.78. The highest BCUT2D eigenvalue weighted by Crippen LogP contribution is 2.37. The van der Waals surface area contributed by atoms with Crippen molar-refractivity contribution in [3.63, 3.8) is 0 Å². The van der Waals surface area contributed by atoms with Crippen LogP contribution in [0.3, 0.4) is 0 Å². The molecule has 0 bridgehead atoms. The molecule has 1 aliphatic rings. The maximum atomic E-state index is 11.7. The molecule has 1 N–H and O–H groups in total. The van der Waals surface area contributed by atoms with E-state index in [0.717, 1.165) is 17.0 Å². The number of carbonyl (C=O) groups excluding carboxylic acids is 1. The molecule has 0 heterocycles. The van der Waals surface area contributed by atoms with E-state index < -0.39 is 0 Å². The van der Waals surface area contributed by atoms with Crippen LogP contribution in [0.4, 0.5) is 0 Å². The smallest absolute Gasteiger partial charge is 0.333 e. The van der Waals surface area contributed by atoms with Gasteiger partial charge in [0.15, 0.2) is 0 Å². The molecular formula is C28H36O4. The van der Waals surface area contributed by atoms with Gasteiger partial charge in [-0.25, -0.2) is 4.79 Å². The van der Waals surface area contributed by atoms with Crippen molar-refractivity contribution >= 4 is 5.97 Å². The van der Waals surface area contributed by atoms with Gasteiger partial charge in [0.25, 0.3) is 0 Å². The number of aliphatic hydroxyl groups is 1. The predicted octanol–water partition coefficient (Wildman–Crippen LogP) is 5.99. The Morgan fingerprint density at radius 2 is 1.84 bits per heavy atom. The summed E-state index contributed by atoms with van der Waals surface area (Å²) in [6.07, 6.45) is 5.74. The van der Waals surface area contributed by atoms with E-state index in [4.69, 9.17) is 14.6 Å². The molecule has 0 atom stereocenters. The first-order valence-corrected chi connectivity index (χ1v) is 11.7. The van der Waals surface area contributed by atoms with Gasteiger partial charge in [0.2, 0.25) is 0 Å². The maximum absolute atomic E-state index is 11.7. The molecular weight excluding hydrogens is 400 g/mol. The standard InChI is InChI=1S/C28H36O4/c1-19(2)28(30)32-15-13-25-18-24(10-12-27(25)31-16-14-29)26-11-9-23(17-21(26)4)22-7-5-20(3)6-8-22/h9-12,17-18,20,22,29H,1,5-8,13-16H2,2-4H3. The molecule has 2 aromatic carbocycles. The summed E-state index contributed by atoms with van der Waals surface area (Å²) < 4.78 is 11.0. The molecule has 0 radical (unpaired) electrons. The minimum absolute atomic E-state index is 0.0493. The van der Waals surface area contributed by atoms with Crippen molar-refractivity contribution in [2.45, 2.75) is 58.8 Å². The summed E-state index contributed by atoms with van der Waals surface area (Å²) in [4.78, 5) is 11.7. The molecule has 1 fully saturated rings. The highest BCUT2D eigenvalue weighted by molar-refractivity contribution is 5.86. The number of benzene rings is 2. The Kier molecular flexibility index (Phi) is 8.52. The summed E-state index contributed by atoms with van der Waals surface area (Å²) in [5.41, 5.74) is 6.38. The van der Waals surface area contributed by atoms with Gasteiger partial charge in [-0.3, -0.25) is 0 Å². The molecule has 4 heteroatoms. The summed E-state index contributed by atoms with van der Waals surface area (Å²) in [6.45, 7) is 10.2. The van der Waals surface area contributed by atoms with Crippen LogP contribution in [0.2, 0.25) is 0 Å². The fourth-order valence-electron chi connectivity index (χ4n) is 4.47. The lowest BCUT2D eigenvalue weighted by Gasteiger charge is -2.27. The van der Waals surface area contributed by atoms with Crippen molar-refractivity contribution in [2.75, 3.05) is 19.8 Å². The molecule has 1 aliphatic carbocycles. The van der Waals surface area contributed by atoms with Crippen molar-refractivity contribution in [3.8, 4) is 16.9 Å². The number of ether oxygens (including phenoxy) is 2. The molecule has 3 rings (SSSR count). The molecule has 1 saturated carbocycles. The van der Waals surface area contributed by atoms with Crippen LogP contribution >= 0.6 is 0 Å². The quantitative estimate of drug-likeness (QED) is 0.388. The largest absolute Gasteiger partial charge is 0.491 e. The Hall–Kier alpha value is -2.59. The Morgan fingerprint density at radius 1 is 1.09 bits per heavy atom. The van der Waals surface area contributed by atoms with E-state index in [2.05, 4.69) is 50.8 Å². The number of aliphatic hydroxyl groups excluding tert-OH is 1. The van der Waals surface area contributed by atoms with Crippen LogP contribution in [0.15, 0.2) is 48.6 Å². The van der Waals surface area contributed by atoms with Gasteiger partial charge in [0.1, 0.15) is 12.4 Å². The zero-order valence-corrected chi connectivity index (χ0v) is 19.7. The van der Waals surface area contributed by atoms with E-state index in [1.807, 2.05) is 6.07 Å². The van der Waals surface area contributed by atoms with E-state index in [1.54, 1.807) is 6.92 Å². The molecule has 4 nitrogen and oxygen atoms in total. The molecule has 2 aromatic rings. The molecule has 0 amide bonds. The molecule has 32 heavy (non-hydrogen) atoms. The third-order valence-corrected chi connectivity index (χ3v) is 6.41. The lowest BCUT2D eigenvalue weighted by Crippen LogP contribution is -2.11. The van der Waals surface area contributed by atoms with Crippen molar-refractivity contribution in [1.82, 2.24) is 0 Å². The second-order valence-electron chi connectivity index (χ2n) is 9.09. The zero-order chi connectivity index (χ0) is 23.1. The first-order chi connectivity index (χ1) is 15.4. The van der Waals surface area contributed by atoms with Gasteiger partial charge >= 0.3 is 5.97 Å². The summed E-state index contributed by atoms with van der Waals surface area (Å²) >= 11 is 0. The third-order valence-electron chi connectivity index (χ3n) is 6.41. The normalized spacial score (nSPS) is 18.2. The van der Waals surface area contributed by atoms with E-state index >= 15 is 0 Å². The number of hydrogen-bond donors (Lipinski definition) is 1. The monoisotopic (exact) mass is 436 g/mol. The summed E-state index contributed by atoms with van der Waals surface area (Å²) in [6, 6.07) is 13.0. The summed E-state index contributed by atoms with van der Waals surface area (Å²) in [5, 5.41) is 9.14. The number of carbonyl (C=O) groups is 1. The number of rotatable bonds is 9. The predicted molar refractivity (Wildman–Crippen MR) is 129 cm³/mol. The van der Waals surface area contributed by atoms with Crippen LogP contribution in [0.1, 0.15) is 62.1 Å². The van der Waals surface area contributed by atoms with Gasteiger partial charge in [-0.2, -0.15) is 0 Å². The van der Waals surface area contributed by atoms with E-state index in [0.29, 0.717) is 23.7 Å². The van der Waals surface area contributed by atoms with Crippen LogP contribution in [-0.2, 0) is 16.0 Å². The van der Waals surface area contributed by atoms with Gasteiger partial charge in [0.05, 0.1) is 13.2 Å². The van der Waals surface area contributed by atoms with Crippen LogP contribution < -0.4 is 4.74 Å². The third kappa shape index (κ3) is 6.23. The fraction of sp³-hybridized carbons (Fsp3) is 0.464. The fourth-order valence-corrected chi connectivity index (χ4v) is 4.47. The Balaban J connectivity index is 1.80. The second kappa shape index (κ2) is 11.3. The van der Waals surface area contributed by atoms with Crippen molar-refractivity contribution in [1.29, 1.82) is 0 Å². The average molecular weight is 437 g/mol. The summed E-state index contributed by atoms with van der Waals surface area (Å²) in [5.74, 6) is 1.85. The van der Waals surface area contributed by atoms with Crippen LogP contribution in [-0.4, -0.2) is 30.9 Å². The van der Waals surface area contributed by atoms with Gasteiger partial charge in [-0.1, -0.05) is 50.6 Å². The zero-order valence-electron chi connectivity index (χ0n) is 19.7.